The number of hydrogen-bond donors (Lipinski definition) is 2. The first-order chi connectivity index (χ1) is 6.37. The molecule has 1 rings (SSSR count). The highest BCUT2D eigenvalue weighted by atomic mass is 19.1. The predicted molar refractivity (Wildman–Crippen MR) is 43.3 cm³/mol. The van der Waals surface area contributed by atoms with Crippen molar-refractivity contribution >= 4 is 5.97 Å². The number of aromatic nitrogens is 1. The zero-order valence-corrected chi connectivity index (χ0v) is 7.29. The summed E-state index contributed by atoms with van der Waals surface area (Å²) in [6.45, 7) is 1.01. The Morgan fingerprint density at radius 3 is 2.29 bits per heavy atom. The standard InChI is InChI=1S/C8H8F2N2O2/c1-8(11,7(13)14)6-4(9)2-12-3-5(6)10/h2-3H,11H2,1H3,(H,13,14)/t8-/m1/s1. The molecule has 0 unspecified atom stereocenters. The molecule has 4 nitrogen and oxygen atoms in total. The molecule has 14 heavy (non-hydrogen) atoms. The molecule has 76 valence electrons. The molecular formula is C8H8F2N2O2. The van der Waals surface area contributed by atoms with Gasteiger partial charge in [-0.3, -0.25) is 4.98 Å². The zero-order chi connectivity index (χ0) is 10.9. The Bertz CT molecular complexity index is 359. The topological polar surface area (TPSA) is 76.2 Å². The molecule has 0 aliphatic carbocycles. The van der Waals surface area contributed by atoms with Gasteiger partial charge >= 0.3 is 5.97 Å². The van der Waals surface area contributed by atoms with Crippen LogP contribution in [0.4, 0.5) is 8.78 Å². The summed E-state index contributed by atoms with van der Waals surface area (Å²) in [5, 5.41) is 8.66. The molecule has 6 heteroatoms. The van der Waals surface area contributed by atoms with Gasteiger partial charge in [0.05, 0.1) is 18.0 Å². The zero-order valence-electron chi connectivity index (χ0n) is 7.29. The quantitative estimate of drug-likeness (QED) is 0.737. The Kier molecular flexibility index (Phi) is 2.48. The van der Waals surface area contributed by atoms with Crippen molar-refractivity contribution in [3.63, 3.8) is 0 Å². The Hall–Kier alpha value is -1.56. The molecule has 0 saturated heterocycles. The number of carbonyl (C=O) groups is 1. The van der Waals surface area contributed by atoms with Crippen molar-refractivity contribution < 1.29 is 18.7 Å². The molecule has 1 atom stereocenters. The van der Waals surface area contributed by atoms with Crippen LogP contribution in [0.5, 0.6) is 0 Å². The first kappa shape index (κ1) is 10.5. The number of nitrogens with zero attached hydrogens (tertiary/aromatic N) is 1. The van der Waals surface area contributed by atoms with Crippen molar-refractivity contribution in [2.24, 2.45) is 5.73 Å². The van der Waals surface area contributed by atoms with Crippen molar-refractivity contribution in [3.8, 4) is 0 Å². The molecular weight excluding hydrogens is 194 g/mol. The van der Waals surface area contributed by atoms with E-state index in [4.69, 9.17) is 10.8 Å². The largest absolute Gasteiger partial charge is 0.480 e. The summed E-state index contributed by atoms with van der Waals surface area (Å²) in [4.78, 5) is 13.9. The summed E-state index contributed by atoms with van der Waals surface area (Å²) in [5.41, 5.74) is 2.48. The van der Waals surface area contributed by atoms with Gasteiger partial charge in [-0.05, 0) is 6.92 Å². The van der Waals surface area contributed by atoms with Gasteiger partial charge in [0, 0.05) is 0 Å². The number of aliphatic carboxylic acids is 1. The normalized spacial score (nSPS) is 14.9. The molecule has 0 aromatic carbocycles. The molecule has 0 aliphatic heterocycles. The number of carboxylic acids is 1. The number of rotatable bonds is 2. The molecule has 0 radical (unpaired) electrons. The lowest BCUT2D eigenvalue weighted by Crippen LogP contribution is -2.43. The van der Waals surface area contributed by atoms with Crippen LogP contribution in [-0.4, -0.2) is 16.1 Å². The fraction of sp³-hybridized carbons (Fsp3) is 0.250. The maximum absolute atomic E-state index is 13.1. The molecule has 0 spiro atoms. The van der Waals surface area contributed by atoms with E-state index in [1.54, 1.807) is 0 Å². The fourth-order valence-electron chi connectivity index (χ4n) is 1.01. The van der Waals surface area contributed by atoms with Crippen LogP contribution in [0.25, 0.3) is 0 Å². The maximum atomic E-state index is 13.1. The van der Waals surface area contributed by atoms with Crippen LogP contribution < -0.4 is 5.73 Å². The SMILES string of the molecule is C[C@](N)(C(=O)O)c1c(F)cncc1F. The van der Waals surface area contributed by atoms with Crippen LogP contribution in [0.3, 0.4) is 0 Å². The van der Waals surface area contributed by atoms with Crippen LogP contribution >= 0.6 is 0 Å². The molecule has 0 aliphatic rings. The van der Waals surface area contributed by atoms with E-state index in [-0.39, 0.29) is 0 Å². The van der Waals surface area contributed by atoms with Crippen molar-refractivity contribution in [1.82, 2.24) is 4.98 Å². The third kappa shape index (κ3) is 1.56. The van der Waals surface area contributed by atoms with Crippen molar-refractivity contribution in [1.29, 1.82) is 0 Å². The van der Waals surface area contributed by atoms with Crippen molar-refractivity contribution in [2.75, 3.05) is 0 Å². The molecule has 1 aromatic rings. The molecule has 0 saturated carbocycles. The van der Waals surface area contributed by atoms with E-state index in [1.165, 1.54) is 0 Å². The lowest BCUT2D eigenvalue weighted by atomic mass is 9.93. The summed E-state index contributed by atoms with van der Waals surface area (Å²) < 4.78 is 26.1. The van der Waals surface area contributed by atoms with Crippen LogP contribution in [0.2, 0.25) is 0 Å². The van der Waals surface area contributed by atoms with Gasteiger partial charge in [-0.15, -0.1) is 0 Å². The average molecular weight is 202 g/mol. The molecule has 0 fully saturated rings. The Morgan fingerprint density at radius 2 is 1.93 bits per heavy atom. The second-order valence-corrected chi connectivity index (χ2v) is 2.99. The molecule has 1 aromatic heterocycles. The second kappa shape index (κ2) is 3.30. The Morgan fingerprint density at radius 1 is 1.50 bits per heavy atom. The van der Waals surface area contributed by atoms with Gasteiger partial charge < -0.3 is 10.8 Å². The van der Waals surface area contributed by atoms with Gasteiger partial charge in [0.1, 0.15) is 17.2 Å². The highest BCUT2D eigenvalue weighted by Gasteiger charge is 2.36. The van der Waals surface area contributed by atoms with Crippen LogP contribution in [-0.2, 0) is 10.3 Å². The van der Waals surface area contributed by atoms with E-state index in [0.29, 0.717) is 12.4 Å². The Balaban J connectivity index is 3.38. The minimum Gasteiger partial charge on any atom is -0.480 e. The van der Waals surface area contributed by atoms with E-state index < -0.39 is 28.7 Å². The van der Waals surface area contributed by atoms with Crippen molar-refractivity contribution in [2.45, 2.75) is 12.5 Å². The van der Waals surface area contributed by atoms with E-state index >= 15 is 0 Å². The fourth-order valence-corrected chi connectivity index (χ4v) is 1.01. The molecule has 0 bridgehead atoms. The second-order valence-electron chi connectivity index (χ2n) is 2.99. The monoisotopic (exact) mass is 202 g/mol. The highest BCUT2D eigenvalue weighted by Crippen LogP contribution is 2.23. The van der Waals surface area contributed by atoms with Gasteiger partial charge in [0.25, 0.3) is 0 Å². The maximum Gasteiger partial charge on any atom is 0.328 e. The van der Waals surface area contributed by atoms with Crippen LogP contribution in [0.1, 0.15) is 12.5 Å². The molecule has 1 heterocycles. The third-order valence-corrected chi connectivity index (χ3v) is 1.82. The molecule has 3 N–H and O–H groups in total. The first-order valence-corrected chi connectivity index (χ1v) is 3.69. The van der Waals surface area contributed by atoms with Crippen LogP contribution in [0, 0.1) is 11.6 Å². The number of pyridine rings is 1. The van der Waals surface area contributed by atoms with E-state index in [9.17, 15) is 13.6 Å². The van der Waals surface area contributed by atoms with E-state index in [2.05, 4.69) is 4.98 Å². The van der Waals surface area contributed by atoms with Gasteiger partial charge in [0.15, 0.2) is 0 Å². The van der Waals surface area contributed by atoms with Gasteiger partial charge in [-0.25, -0.2) is 13.6 Å². The number of nitrogens with two attached hydrogens (primary N) is 1. The summed E-state index contributed by atoms with van der Waals surface area (Å²) in [6, 6.07) is 0. The number of halogens is 2. The smallest absolute Gasteiger partial charge is 0.328 e. The Labute approximate surface area is 78.4 Å². The lowest BCUT2D eigenvalue weighted by molar-refractivity contribution is -0.143. The van der Waals surface area contributed by atoms with Gasteiger partial charge in [-0.2, -0.15) is 0 Å². The highest BCUT2D eigenvalue weighted by molar-refractivity contribution is 5.79. The summed E-state index contributed by atoms with van der Waals surface area (Å²) in [7, 11) is 0. The summed E-state index contributed by atoms with van der Waals surface area (Å²) >= 11 is 0. The van der Waals surface area contributed by atoms with Crippen LogP contribution in [0.15, 0.2) is 12.4 Å². The minimum absolute atomic E-state index is 0.694. The van der Waals surface area contributed by atoms with E-state index in [0.717, 1.165) is 6.92 Å². The van der Waals surface area contributed by atoms with Gasteiger partial charge in [-0.1, -0.05) is 0 Å². The minimum atomic E-state index is -2.10. The molecule has 0 amide bonds. The number of hydrogen-bond acceptors (Lipinski definition) is 3. The first-order valence-electron chi connectivity index (χ1n) is 3.69. The summed E-state index contributed by atoms with van der Waals surface area (Å²) in [6.07, 6.45) is 1.43. The lowest BCUT2D eigenvalue weighted by Gasteiger charge is -2.20. The van der Waals surface area contributed by atoms with E-state index in [1.807, 2.05) is 0 Å². The predicted octanol–water partition coefficient (Wildman–Crippen LogP) is 0.618. The van der Waals surface area contributed by atoms with Crippen molar-refractivity contribution in [3.05, 3.63) is 29.6 Å². The number of carboxylic acid groups (broad SMARTS) is 1. The van der Waals surface area contributed by atoms with Gasteiger partial charge in [0.2, 0.25) is 0 Å². The third-order valence-electron chi connectivity index (χ3n) is 1.82. The average Bonchev–Trinajstić information content (AvgIpc) is 2.02. The summed E-state index contributed by atoms with van der Waals surface area (Å²) in [5.74, 6) is -3.66.